The van der Waals surface area contributed by atoms with Gasteiger partial charge >= 0.3 is 0 Å². The number of hydrogen-bond donors (Lipinski definition) is 0. The summed E-state index contributed by atoms with van der Waals surface area (Å²) >= 11 is 0. The molecule has 2 aliphatic carbocycles. The molecule has 6 heteroatoms. The van der Waals surface area contributed by atoms with Crippen molar-refractivity contribution in [1.29, 1.82) is 5.26 Å². The summed E-state index contributed by atoms with van der Waals surface area (Å²) in [7, 11) is -3.56. The molecule has 0 aromatic rings. The fraction of sp³-hybridized carbons (Fsp3) is 0.909. The smallest absolute Gasteiger partial charge is 0.267 e. The summed E-state index contributed by atoms with van der Waals surface area (Å²) in [5, 5.41) is 9.26. The lowest BCUT2D eigenvalue weighted by Crippen LogP contribution is -2.62. The molecule has 0 aromatic heterocycles. The van der Waals surface area contributed by atoms with Gasteiger partial charge in [0.15, 0.2) is 11.4 Å². The highest BCUT2D eigenvalue weighted by atomic mass is 32.2. The fourth-order valence-electron chi connectivity index (χ4n) is 3.93. The van der Waals surface area contributed by atoms with Gasteiger partial charge < -0.3 is 4.74 Å². The SMILES string of the molecule is CS(=O)(=O)OC12C[C@@H]3C[C@@H](CC(C#N)(C3)O1)C2. The second-order valence-corrected chi connectivity index (χ2v) is 7.27. The molecule has 0 spiro atoms. The van der Waals surface area contributed by atoms with Gasteiger partial charge in [-0.3, -0.25) is 0 Å². The van der Waals surface area contributed by atoms with E-state index in [1.165, 1.54) is 0 Å². The normalized spacial score (nSPS) is 48.0. The van der Waals surface area contributed by atoms with Crippen molar-refractivity contribution in [1.82, 2.24) is 0 Å². The summed E-state index contributed by atoms with van der Waals surface area (Å²) in [6.45, 7) is 0. The van der Waals surface area contributed by atoms with Crippen molar-refractivity contribution in [3.8, 4) is 6.07 Å². The third-order valence-corrected chi connectivity index (χ3v) is 4.60. The number of ether oxygens (including phenoxy) is 1. The molecular weight excluding hydrogens is 242 g/mol. The number of nitrogens with zero attached hydrogens (tertiary/aromatic N) is 1. The van der Waals surface area contributed by atoms with Crippen molar-refractivity contribution in [2.45, 2.75) is 43.5 Å². The molecular formula is C11H15NO4S. The van der Waals surface area contributed by atoms with Crippen LogP contribution >= 0.6 is 0 Å². The van der Waals surface area contributed by atoms with Crippen molar-refractivity contribution < 1.29 is 17.3 Å². The van der Waals surface area contributed by atoms with Crippen LogP contribution in [0.25, 0.3) is 0 Å². The topological polar surface area (TPSA) is 76.4 Å². The molecule has 0 radical (unpaired) electrons. The van der Waals surface area contributed by atoms with Crippen LogP contribution in [0.4, 0.5) is 0 Å². The van der Waals surface area contributed by atoms with E-state index >= 15 is 0 Å². The van der Waals surface area contributed by atoms with E-state index in [0.29, 0.717) is 24.7 Å². The first-order valence-electron chi connectivity index (χ1n) is 5.86. The largest absolute Gasteiger partial charge is 0.327 e. The first-order valence-corrected chi connectivity index (χ1v) is 7.67. The Morgan fingerprint density at radius 3 is 2.35 bits per heavy atom. The lowest BCUT2D eigenvalue weighted by molar-refractivity contribution is -0.325. The van der Waals surface area contributed by atoms with Crippen molar-refractivity contribution in [2.24, 2.45) is 11.8 Å². The van der Waals surface area contributed by atoms with Crippen molar-refractivity contribution in [3.63, 3.8) is 0 Å². The predicted molar refractivity (Wildman–Crippen MR) is 58.2 cm³/mol. The molecule has 2 saturated carbocycles. The average Bonchev–Trinajstić information content (AvgIpc) is 2.11. The molecule has 2 saturated heterocycles. The molecule has 0 amide bonds. The monoisotopic (exact) mass is 257 g/mol. The minimum absolute atomic E-state index is 0.359. The van der Waals surface area contributed by atoms with Gasteiger partial charge in [-0.05, 0) is 31.1 Å². The van der Waals surface area contributed by atoms with Gasteiger partial charge in [0, 0.05) is 12.8 Å². The van der Waals surface area contributed by atoms with E-state index in [-0.39, 0.29) is 0 Å². The van der Waals surface area contributed by atoms with E-state index in [0.717, 1.165) is 25.5 Å². The number of hydrogen-bond acceptors (Lipinski definition) is 5. The molecule has 2 aliphatic heterocycles. The minimum Gasteiger partial charge on any atom is -0.327 e. The van der Waals surface area contributed by atoms with E-state index < -0.39 is 21.5 Å². The molecule has 94 valence electrons. The van der Waals surface area contributed by atoms with Gasteiger partial charge in [0.05, 0.1) is 12.3 Å². The molecule has 0 aromatic carbocycles. The van der Waals surface area contributed by atoms with Crippen LogP contribution in [0.1, 0.15) is 32.1 Å². The van der Waals surface area contributed by atoms with Crippen LogP contribution in [-0.4, -0.2) is 26.1 Å². The summed E-state index contributed by atoms with van der Waals surface area (Å²) in [5.41, 5.74) is -0.811. The molecule has 5 nitrogen and oxygen atoms in total. The molecule has 17 heavy (non-hydrogen) atoms. The molecule has 4 rings (SSSR count). The van der Waals surface area contributed by atoms with Crippen LogP contribution < -0.4 is 0 Å². The summed E-state index contributed by atoms with van der Waals surface area (Å²) in [6.07, 6.45) is 4.74. The fourth-order valence-corrected chi connectivity index (χ4v) is 4.65. The first kappa shape index (κ1) is 11.5. The highest BCUT2D eigenvalue weighted by molar-refractivity contribution is 7.86. The molecule has 0 N–H and O–H groups in total. The van der Waals surface area contributed by atoms with Gasteiger partial charge in [-0.2, -0.15) is 13.7 Å². The van der Waals surface area contributed by atoms with Crippen molar-refractivity contribution in [3.05, 3.63) is 0 Å². The van der Waals surface area contributed by atoms with Gasteiger partial charge in [-0.1, -0.05) is 0 Å². The van der Waals surface area contributed by atoms with Crippen LogP contribution in [0, 0.1) is 23.2 Å². The molecule has 4 fully saturated rings. The zero-order valence-electron chi connectivity index (χ0n) is 9.68. The van der Waals surface area contributed by atoms with E-state index in [2.05, 4.69) is 6.07 Å². The van der Waals surface area contributed by atoms with Crippen molar-refractivity contribution in [2.75, 3.05) is 6.26 Å². The van der Waals surface area contributed by atoms with Gasteiger partial charge in [0.25, 0.3) is 10.1 Å². The second kappa shape index (κ2) is 3.22. The first-order chi connectivity index (χ1) is 7.84. The standard InChI is InChI=1S/C11H15NO4S/c1-17(13,14)16-11-5-8-2-9(6-11)4-10(3-8,7-12)15-11/h8-9H,2-6H2,1H3/t8-,9+,10?,11?. The van der Waals surface area contributed by atoms with Gasteiger partial charge in [-0.15, -0.1) is 0 Å². The Hall–Kier alpha value is -0.640. The van der Waals surface area contributed by atoms with E-state index in [9.17, 15) is 13.7 Å². The highest BCUT2D eigenvalue weighted by Crippen LogP contribution is 2.58. The lowest BCUT2D eigenvalue weighted by Gasteiger charge is -2.58. The predicted octanol–water partition coefficient (Wildman–Crippen LogP) is 1.16. The molecule has 4 atom stereocenters. The Labute approximate surface area is 101 Å². The lowest BCUT2D eigenvalue weighted by atomic mass is 9.61. The van der Waals surface area contributed by atoms with Crippen LogP contribution in [-0.2, 0) is 19.0 Å². The Balaban J connectivity index is 1.96. The van der Waals surface area contributed by atoms with E-state index in [4.69, 9.17) is 8.92 Å². The maximum Gasteiger partial charge on any atom is 0.267 e. The molecule has 4 aliphatic rings. The Kier molecular flexibility index (Phi) is 2.17. The number of rotatable bonds is 2. The maximum absolute atomic E-state index is 11.3. The van der Waals surface area contributed by atoms with Crippen LogP contribution in [0.3, 0.4) is 0 Å². The quantitative estimate of drug-likeness (QED) is 0.694. The third-order valence-electron chi connectivity index (χ3n) is 3.99. The van der Waals surface area contributed by atoms with Crippen molar-refractivity contribution >= 4 is 10.1 Å². The van der Waals surface area contributed by atoms with Gasteiger partial charge in [0.1, 0.15) is 0 Å². The van der Waals surface area contributed by atoms with Crippen LogP contribution in [0.2, 0.25) is 0 Å². The second-order valence-electron chi connectivity index (χ2n) is 5.69. The highest BCUT2D eigenvalue weighted by Gasteiger charge is 2.61. The Morgan fingerprint density at radius 2 is 1.88 bits per heavy atom. The molecule has 2 unspecified atom stereocenters. The third kappa shape index (κ3) is 1.86. The zero-order chi connectivity index (χ0) is 12.3. The molecule has 2 heterocycles. The average molecular weight is 257 g/mol. The number of nitriles is 1. The van der Waals surface area contributed by atoms with Crippen LogP contribution in [0.5, 0.6) is 0 Å². The van der Waals surface area contributed by atoms with Gasteiger partial charge in [-0.25, -0.2) is 4.18 Å². The summed E-state index contributed by atoms with van der Waals surface area (Å²) in [4.78, 5) is 0. The van der Waals surface area contributed by atoms with E-state index in [1.54, 1.807) is 0 Å². The Morgan fingerprint density at radius 1 is 1.29 bits per heavy atom. The summed E-state index contributed by atoms with van der Waals surface area (Å²) in [5.74, 6) is -0.344. The van der Waals surface area contributed by atoms with Gasteiger partial charge in [0.2, 0.25) is 0 Å². The molecule has 4 bridgehead atoms. The minimum atomic E-state index is -3.56. The Bertz CT molecular complexity index is 478. The van der Waals surface area contributed by atoms with Crippen LogP contribution in [0.15, 0.2) is 0 Å². The summed E-state index contributed by atoms with van der Waals surface area (Å²) in [6, 6.07) is 2.22. The maximum atomic E-state index is 11.3. The summed E-state index contributed by atoms with van der Waals surface area (Å²) < 4.78 is 33.6. The zero-order valence-corrected chi connectivity index (χ0v) is 10.5. The van der Waals surface area contributed by atoms with E-state index in [1.807, 2.05) is 0 Å².